The second-order valence-electron chi connectivity index (χ2n) is 10.3. The van der Waals surface area contributed by atoms with E-state index in [2.05, 4.69) is 5.32 Å². The number of hydrogen-bond acceptors (Lipinski definition) is 5. The Morgan fingerprint density at radius 2 is 1.56 bits per heavy atom. The van der Waals surface area contributed by atoms with E-state index in [0.717, 1.165) is 15.1 Å². The minimum absolute atomic E-state index is 0.0197. The van der Waals surface area contributed by atoms with Crippen LogP contribution in [-0.2, 0) is 26.0 Å². The Kier molecular flexibility index (Phi) is 9.77. The summed E-state index contributed by atoms with van der Waals surface area (Å²) in [6.07, 6.45) is 2.09. The first-order valence-corrected chi connectivity index (χ1v) is 16.4. The number of aryl methyl sites for hydroxylation is 1. The van der Waals surface area contributed by atoms with Crippen molar-refractivity contribution in [1.82, 2.24) is 9.29 Å². The van der Waals surface area contributed by atoms with Gasteiger partial charge in [-0.15, -0.1) is 0 Å². The number of nitrogens with one attached hydrogen (secondary N) is 1. The number of halogens is 2. The summed E-state index contributed by atoms with van der Waals surface area (Å²) in [6.45, 7) is 3.78. The van der Waals surface area contributed by atoms with Crippen molar-refractivity contribution in [3.05, 3.63) is 135 Å². The van der Waals surface area contributed by atoms with E-state index >= 15 is 0 Å². The summed E-state index contributed by atoms with van der Waals surface area (Å²) in [5, 5.41) is 3.45. The minimum Gasteiger partial charge on any atom is -0.461 e. The molecule has 45 heavy (non-hydrogen) atoms. The third-order valence-corrected chi connectivity index (χ3v) is 9.41. The molecule has 4 aromatic carbocycles. The van der Waals surface area contributed by atoms with Gasteiger partial charge < -0.3 is 10.1 Å². The van der Waals surface area contributed by atoms with Gasteiger partial charge in [-0.25, -0.2) is 17.2 Å². The lowest BCUT2D eigenvalue weighted by atomic mass is 10.00. The summed E-state index contributed by atoms with van der Waals surface area (Å²) in [5.74, 6) is -1.32. The van der Waals surface area contributed by atoms with Crippen LogP contribution in [0.25, 0.3) is 22.6 Å². The lowest BCUT2D eigenvalue weighted by molar-refractivity contribution is -0.115. The molecule has 0 unspecified atom stereocenters. The van der Waals surface area contributed by atoms with Crippen molar-refractivity contribution in [2.24, 2.45) is 0 Å². The van der Waals surface area contributed by atoms with Crippen molar-refractivity contribution in [3.8, 4) is 0 Å². The molecule has 0 radical (unpaired) electrons. The minimum atomic E-state index is -4.39. The van der Waals surface area contributed by atoms with Crippen LogP contribution in [0.3, 0.4) is 0 Å². The van der Waals surface area contributed by atoms with Gasteiger partial charge in [-0.1, -0.05) is 102 Å². The van der Waals surface area contributed by atoms with E-state index in [1.54, 1.807) is 43.3 Å². The van der Waals surface area contributed by atoms with Gasteiger partial charge >= 0.3 is 5.97 Å². The Balaban J connectivity index is 1.76. The maximum atomic E-state index is 14.3. The highest BCUT2D eigenvalue weighted by Gasteiger charge is 2.33. The molecule has 1 heterocycles. The summed E-state index contributed by atoms with van der Waals surface area (Å²) in [7, 11) is -4.39. The second kappa shape index (κ2) is 13.7. The van der Waals surface area contributed by atoms with Gasteiger partial charge in [-0.3, -0.25) is 4.79 Å². The first kappa shape index (κ1) is 32.0. The Morgan fingerprint density at radius 3 is 2.20 bits per heavy atom. The number of fused-ring (bicyclic) bond motifs is 1. The molecule has 0 atom stereocenters. The summed E-state index contributed by atoms with van der Waals surface area (Å²) in [5.41, 5.74) is 2.54. The van der Waals surface area contributed by atoms with Gasteiger partial charge in [0.1, 0.15) is 0 Å². The van der Waals surface area contributed by atoms with Gasteiger partial charge in [0.15, 0.2) is 5.69 Å². The van der Waals surface area contributed by atoms with Gasteiger partial charge in [0.2, 0.25) is 0 Å². The highest BCUT2D eigenvalue weighted by Crippen LogP contribution is 2.39. The van der Waals surface area contributed by atoms with Gasteiger partial charge in [-0.2, -0.15) is 0 Å². The van der Waals surface area contributed by atoms with Gasteiger partial charge in [0, 0.05) is 28.1 Å². The molecule has 0 aliphatic heterocycles. The monoisotopic (exact) mass is 660 g/mol. The average Bonchev–Trinajstić information content (AvgIpc) is 3.36. The van der Waals surface area contributed by atoms with Crippen LogP contribution < -0.4 is 5.32 Å². The van der Waals surface area contributed by atoms with Crippen LogP contribution in [0.1, 0.15) is 39.7 Å². The third-order valence-electron chi connectivity index (χ3n) is 7.17. The van der Waals surface area contributed by atoms with Crippen LogP contribution in [0.15, 0.2) is 102 Å². The van der Waals surface area contributed by atoms with E-state index in [1.807, 2.05) is 43.3 Å². The van der Waals surface area contributed by atoms with Gasteiger partial charge in [0.05, 0.1) is 22.0 Å². The lowest BCUT2D eigenvalue weighted by Crippen LogP contribution is -2.26. The molecule has 0 spiro atoms. The molecule has 0 saturated heterocycles. The zero-order valence-corrected chi connectivity index (χ0v) is 26.9. The van der Waals surface area contributed by atoms with Crippen LogP contribution in [0, 0.1) is 6.92 Å². The van der Waals surface area contributed by atoms with Crippen molar-refractivity contribution >= 4 is 67.7 Å². The number of amides is 1. The predicted octanol–water partition coefficient (Wildman–Crippen LogP) is 7.57. The highest BCUT2D eigenvalue weighted by molar-refractivity contribution is 7.90. The predicted molar refractivity (Wildman–Crippen MR) is 179 cm³/mol. The molecule has 0 aliphatic carbocycles. The SMILES string of the molecule is CCOC(=O)c1c(C=C(C(=O)NCCc2ccccc2)c2ccccc2)c2c(Cl)cc(Cl)cc2n1S(=O)(=O)c1ccc(C)cc1. The molecule has 1 aromatic heterocycles. The van der Waals surface area contributed by atoms with Crippen molar-refractivity contribution in [2.75, 3.05) is 13.2 Å². The average molecular weight is 662 g/mol. The molecule has 0 bridgehead atoms. The van der Waals surface area contributed by atoms with E-state index in [9.17, 15) is 18.0 Å². The lowest BCUT2D eigenvalue weighted by Gasteiger charge is -2.13. The van der Waals surface area contributed by atoms with Crippen molar-refractivity contribution in [1.29, 1.82) is 0 Å². The summed E-state index contributed by atoms with van der Waals surface area (Å²) >= 11 is 13.1. The number of nitrogens with zero attached hydrogens (tertiary/aromatic N) is 1. The standard InChI is InChI=1S/C35H30Cl2N2O5S/c1-3-44-35(41)33-29(22-28(25-12-8-5-9-13-25)34(40)38-19-18-24-10-6-4-7-11-24)32-30(37)20-26(36)21-31(32)39(33)45(42,43)27-16-14-23(2)15-17-27/h4-17,20-22H,3,18-19H2,1-2H3,(H,38,40). The molecular formula is C35H30Cl2N2O5S. The maximum absolute atomic E-state index is 14.3. The Morgan fingerprint density at radius 1 is 0.911 bits per heavy atom. The second-order valence-corrected chi connectivity index (χ2v) is 12.9. The van der Waals surface area contributed by atoms with Gasteiger partial charge in [-0.05, 0) is 61.7 Å². The molecule has 7 nitrogen and oxygen atoms in total. The maximum Gasteiger partial charge on any atom is 0.356 e. The fourth-order valence-electron chi connectivity index (χ4n) is 5.04. The Bertz CT molecular complexity index is 2000. The van der Waals surface area contributed by atoms with Crippen LogP contribution in [-0.4, -0.2) is 37.4 Å². The topological polar surface area (TPSA) is 94.5 Å². The first-order chi connectivity index (χ1) is 21.6. The molecule has 0 saturated carbocycles. The molecule has 1 N–H and O–H groups in total. The first-order valence-electron chi connectivity index (χ1n) is 14.2. The van der Waals surface area contributed by atoms with Crippen LogP contribution >= 0.6 is 23.2 Å². The fraction of sp³-hybridized carbons (Fsp3) is 0.143. The van der Waals surface area contributed by atoms with Crippen molar-refractivity contribution in [3.63, 3.8) is 0 Å². The van der Waals surface area contributed by atoms with E-state index in [4.69, 9.17) is 27.9 Å². The summed E-state index contributed by atoms with van der Waals surface area (Å²) < 4.78 is 34.8. The van der Waals surface area contributed by atoms with Crippen molar-refractivity contribution in [2.45, 2.75) is 25.2 Å². The van der Waals surface area contributed by atoms with E-state index in [-0.39, 0.29) is 49.3 Å². The number of carbonyl (C=O) groups excluding carboxylic acids is 2. The number of hydrogen-bond donors (Lipinski definition) is 1. The number of carbonyl (C=O) groups is 2. The fourth-order valence-corrected chi connectivity index (χ4v) is 7.13. The molecule has 230 valence electrons. The smallest absolute Gasteiger partial charge is 0.356 e. The Hall–Kier alpha value is -4.37. The molecule has 5 aromatic rings. The zero-order chi connectivity index (χ0) is 32.1. The number of rotatable bonds is 10. The Labute approximate surface area is 272 Å². The quantitative estimate of drug-likeness (QED) is 0.123. The highest BCUT2D eigenvalue weighted by atomic mass is 35.5. The van der Waals surface area contributed by atoms with E-state index in [0.29, 0.717) is 18.5 Å². The van der Waals surface area contributed by atoms with Crippen molar-refractivity contribution < 1.29 is 22.7 Å². The largest absolute Gasteiger partial charge is 0.461 e. The normalized spacial score (nSPS) is 11.9. The molecule has 5 rings (SSSR count). The molecule has 1 amide bonds. The zero-order valence-electron chi connectivity index (χ0n) is 24.6. The summed E-state index contributed by atoms with van der Waals surface area (Å²) in [6, 6.07) is 27.8. The van der Waals surface area contributed by atoms with Crippen LogP contribution in [0.4, 0.5) is 0 Å². The van der Waals surface area contributed by atoms with Gasteiger partial charge in [0.25, 0.3) is 15.9 Å². The van der Waals surface area contributed by atoms with E-state index in [1.165, 1.54) is 30.3 Å². The molecule has 10 heteroatoms. The molecule has 0 aliphatic rings. The van der Waals surface area contributed by atoms with E-state index < -0.39 is 21.9 Å². The van der Waals surface area contributed by atoms with Crippen LogP contribution in [0.5, 0.6) is 0 Å². The summed E-state index contributed by atoms with van der Waals surface area (Å²) in [4.78, 5) is 27.4. The van der Waals surface area contributed by atoms with Crippen LogP contribution in [0.2, 0.25) is 10.0 Å². The molecule has 0 fully saturated rings. The molecular weight excluding hydrogens is 631 g/mol. The third kappa shape index (κ3) is 6.83. The number of ether oxygens (including phenoxy) is 1. The number of benzene rings is 4. The number of esters is 1. The number of aromatic nitrogens is 1.